The van der Waals surface area contributed by atoms with Gasteiger partial charge in [-0.1, -0.05) is 29.8 Å². The number of anilines is 1. The van der Waals surface area contributed by atoms with Gasteiger partial charge >= 0.3 is 0 Å². The van der Waals surface area contributed by atoms with E-state index in [1.54, 1.807) is 12.3 Å². The molecule has 0 bridgehead atoms. The van der Waals surface area contributed by atoms with Crippen LogP contribution in [-0.4, -0.2) is 25.9 Å². The number of amides is 1. The minimum atomic E-state index is -0.398. The smallest absolute Gasteiger partial charge is 0.273 e. The Morgan fingerprint density at radius 1 is 1.16 bits per heavy atom. The summed E-state index contributed by atoms with van der Waals surface area (Å²) in [5.74, 6) is -0.398. The largest absolute Gasteiger partial charge is 0.319 e. The number of nitrogens with one attached hydrogen (secondary N) is 3. The molecule has 0 aliphatic rings. The van der Waals surface area contributed by atoms with Gasteiger partial charge in [0.1, 0.15) is 5.69 Å². The van der Waals surface area contributed by atoms with Crippen LogP contribution in [0.15, 0.2) is 59.5 Å². The van der Waals surface area contributed by atoms with E-state index in [-0.39, 0.29) is 11.3 Å². The van der Waals surface area contributed by atoms with Gasteiger partial charge in [0.15, 0.2) is 0 Å². The van der Waals surface area contributed by atoms with Crippen molar-refractivity contribution < 1.29 is 4.79 Å². The molecule has 0 unspecified atom stereocenters. The Labute approximate surface area is 142 Å². The van der Waals surface area contributed by atoms with Crippen LogP contribution in [0.2, 0.25) is 0 Å². The SMILES string of the molecule is Cc1ccc(-n2[nH]c(C(=O)Nc3cccc4cn[nH]c34)cc2=O)cc1. The Kier molecular flexibility index (Phi) is 3.46. The number of hydrogen-bond donors (Lipinski definition) is 3. The molecule has 0 saturated heterocycles. The molecule has 1 amide bonds. The van der Waals surface area contributed by atoms with E-state index in [1.165, 1.54) is 10.7 Å². The number of aryl methyl sites for hydroxylation is 1. The van der Waals surface area contributed by atoms with E-state index >= 15 is 0 Å². The Morgan fingerprint density at radius 2 is 1.96 bits per heavy atom. The summed E-state index contributed by atoms with van der Waals surface area (Å²) in [6.45, 7) is 1.97. The lowest BCUT2D eigenvalue weighted by Crippen LogP contribution is -2.14. The second-order valence-corrected chi connectivity index (χ2v) is 5.77. The Balaban J connectivity index is 1.65. The predicted molar refractivity (Wildman–Crippen MR) is 95.2 cm³/mol. The van der Waals surface area contributed by atoms with E-state index in [9.17, 15) is 9.59 Å². The summed E-state index contributed by atoms with van der Waals surface area (Å²) >= 11 is 0. The van der Waals surface area contributed by atoms with Crippen LogP contribution in [0.4, 0.5) is 5.69 Å². The molecule has 0 fully saturated rings. The van der Waals surface area contributed by atoms with Gasteiger partial charge in [-0.25, -0.2) is 4.68 Å². The molecule has 4 aromatic rings. The zero-order valence-corrected chi connectivity index (χ0v) is 13.4. The van der Waals surface area contributed by atoms with Gasteiger partial charge in [-0.05, 0) is 25.1 Å². The van der Waals surface area contributed by atoms with Crippen molar-refractivity contribution >= 4 is 22.5 Å². The molecule has 7 nitrogen and oxygen atoms in total. The number of H-pyrrole nitrogens is 2. The van der Waals surface area contributed by atoms with E-state index < -0.39 is 5.91 Å². The summed E-state index contributed by atoms with van der Waals surface area (Å²) in [4.78, 5) is 24.7. The number of benzene rings is 2. The number of aromatic amines is 2. The summed E-state index contributed by atoms with van der Waals surface area (Å²) in [7, 11) is 0. The molecule has 25 heavy (non-hydrogen) atoms. The average Bonchev–Trinajstić information content (AvgIpc) is 3.23. The van der Waals surface area contributed by atoms with Crippen LogP contribution >= 0.6 is 0 Å². The van der Waals surface area contributed by atoms with E-state index in [1.807, 2.05) is 43.3 Å². The van der Waals surface area contributed by atoms with Crippen molar-refractivity contribution in [2.45, 2.75) is 6.92 Å². The van der Waals surface area contributed by atoms with Gasteiger partial charge in [-0.3, -0.25) is 19.8 Å². The van der Waals surface area contributed by atoms with Gasteiger partial charge in [0, 0.05) is 11.5 Å². The van der Waals surface area contributed by atoms with E-state index in [4.69, 9.17) is 0 Å². The lowest BCUT2D eigenvalue weighted by Gasteiger charge is -2.05. The number of nitrogens with zero attached hydrogens (tertiary/aromatic N) is 2. The van der Waals surface area contributed by atoms with Crippen LogP contribution in [0.3, 0.4) is 0 Å². The maximum absolute atomic E-state index is 12.5. The van der Waals surface area contributed by atoms with E-state index in [0.717, 1.165) is 16.5 Å². The van der Waals surface area contributed by atoms with Crippen LogP contribution in [0, 0.1) is 6.92 Å². The molecule has 0 aliphatic heterocycles. The maximum Gasteiger partial charge on any atom is 0.273 e. The monoisotopic (exact) mass is 333 g/mol. The van der Waals surface area contributed by atoms with Crippen molar-refractivity contribution in [2.75, 3.05) is 5.32 Å². The molecule has 4 rings (SSSR count). The molecule has 124 valence electrons. The van der Waals surface area contributed by atoms with Crippen molar-refractivity contribution in [3.05, 3.63) is 76.3 Å². The van der Waals surface area contributed by atoms with Crippen molar-refractivity contribution in [3.8, 4) is 5.69 Å². The zero-order chi connectivity index (χ0) is 17.4. The maximum atomic E-state index is 12.5. The van der Waals surface area contributed by atoms with Gasteiger partial charge in [-0.2, -0.15) is 5.10 Å². The summed E-state index contributed by atoms with van der Waals surface area (Å²) < 4.78 is 1.34. The Bertz CT molecular complexity index is 1120. The van der Waals surface area contributed by atoms with Gasteiger partial charge in [0.05, 0.1) is 23.1 Å². The molecule has 0 atom stereocenters. The van der Waals surface area contributed by atoms with Gasteiger partial charge in [0.2, 0.25) is 0 Å². The third kappa shape index (κ3) is 2.72. The second-order valence-electron chi connectivity index (χ2n) is 5.77. The number of fused-ring (bicyclic) bond motifs is 1. The van der Waals surface area contributed by atoms with Crippen LogP contribution in [0.1, 0.15) is 16.1 Å². The van der Waals surface area contributed by atoms with Gasteiger partial charge in [-0.15, -0.1) is 0 Å². The molecule has 0 spiro atoms. The molecule has 0 radical (unpaired) electrons. The fourth-order valence-corrected chi connectivity index (χ4v) is 2.66. The van der Waals surface area contributed by atoms with Crippen molar-refractivity contribution in [1.82, 2.24) is 20.0 Å². The first-order valence-corrected chi connectivity index (χ1v) is 7.74. The molecule has 2 aromatic carbocycles. The topological polar surface area (TPSA) is 95.6 Å². The van der Waals surface area contributed by atoms with Crippen molar-refractivity contribution in [3.63, 3.8) is 0 Å². The van der Waals surface area contributed by atoms with E-state index in [2.05, 4.69) is 20.6 Å². The highest BCUT2D eigenvalue weighted by Crippen LogP contribution is 2.20. The zero-order valence-electron chi connectivity index (χ0n) is 13.4. The molecule has 0 saturated carbocycles. The highest BCUT2D eigenvalue weighted by Gasteiger charge is 2.14. The molecule has 2 heterocycles. The first kappa shape index (κ1) is 14.9. The number of hydrogen-bond acceptors (Lipinski definition) is 3. The summed E-state index contributed by atoms with van der Waals surface area (Å²) in [6, 6.07) is 14.2. The molecule has 2 aromatic heterocycles. The highest BCUT2D eigenvalue weighted by atomic mass is 16.2. The van der Waals surface area contributed by atoms with Crippen LogP contribution < -0.4 is 10.9 Å². The number of carbonyl (C=O) groups excluding carboxylic acids is 1. The van der Waals surface area contributed by atoms with Crippen LogP contribution in [-0.2, 0) is 0 Å². The van der Waals surface area contributed by atoms with Crippen LogP contribution in [0.5, 0.6) is 0 Å². The van der Waals surface area contributed by atoms with Gasteiger partial charge in [0.25, 0.3) is 11.5 Å². The minimum Gasteiger partial charge on any atom is -0.319 e. The standard InChI is InChI=1S/C18H15N5O2/c1-11-5-7-13(8-6-11)23-16(24)9-15(22-23)18(25)20-14-4-2-3-12-10-19-21-17(12)14/h2-10,22H,1H3,(H,19,21)(H,20,25). The fourth-order valence-electron chi connectivity index (χ4n) is 2.66. The van der Waals surface area contributed by atoms with Gasteiger partial charge < -0.3 is 5.32 Å². The first-order chi connectivity index (χ1) is 12.1. The number of rotatable bonds is 3. The molecule has 7 heteroatoms. The fraction of sp³-hybridized carbons (Fsp3) is 0.0556. The normalized spacial score (nSPS) is 10.9. The predicted octanol–water partition coefficient (Wildman–Crippen LogP) is 2.60. The number of aromatic nitrogens is 4. The summed E-state index contributed by atoms with van der Waals surface area (Å²) in [6.07, 6.45) is 1.68. The van der Waals surface area contributed by atoms with Crippen molar-refractivity contribution in [1.29, 1.82) is 0 Å². The van der Waals surface area contributed by atoms with Crippen molar-refractivity contribution in [2.24, 2.45) is 0 Å². The Hall–Kier alpha value is -3.61. The van der Waals surface area contributed by atoms with Crippen LogP contribution in [0.25, 0.3) is 16.6 Å². The molecular formula is C18H15N5O2. The quantitative estimate of drug-likeness (QED) is 0.538. The molecular weight excluding hydrogens is 318 g/mol. The Morgan fingerprint density at radius 3 is 2.76 bits per heavy atom. The average molecular weight is 333 g/mol. The first-order valence-electron chi connectivity index (χ1n) is 7.74. The second kappa shape index (κ2) is 5.79. The third-order valence-corrected chi connectivity index (χ3v) is 3.98. The number of para-hydroxylation sites is 1. The minimum absolute atomic E-state index is 0.182. The molecule has 3 N–H and O–H groups in total. The third-order valence-electron chi connectivity index (χ3n) is 3.98. The number of carbonyl (C=O) groups is 1. The molecule has 0 aliphatic carbocycles. The summed E-state index contributed by atoms with van der Waals surface area (Å²) in [5.41, 5.74) is 2.98. The lowest BCUT2D eigenvalue weighted by molar-refractivity contribution is 0.102. The highest BCUT2D eigenvalue weighted by molar-refractivity contribution is 6.07. The van der Waals surface area contributed by atoms with E-state index in [0.29, 0.717) is 11.4 Å². The lowest BCUT2D eigenvalue weighted by atomic mass is 10.2. The summed E-state index contributed by atoms with van der Waals surface area (Å²) in [5, 5.41) is 13.4.